The average Bonchev–Trinajstić information content (AvgIpc) is 2.11. The maximum absolute atomic E-state index is 5.24. The number of rotatable bonds is 4. The summed E-state index contributed by atoms with van der Waals surface area (Å²) in [6.45, 7) is 6.26. The van der Waals surface area contributed by atoms with E-state index in [1.807, 2.05) is 25.2 Å². The van der Waals surface area contributed by atoms with Crippen LogP contribution < -0.4 is 5.73 Å². The van der Waals surface area contributed by atoms with E-state index in [9.17, 15) is 0 Å². The molecule has 2 heteroatoms. The second kappa shape index (κ2) is 6.65. The maximum Gasteiger partial charge on any atom is 0.0856 e. The Hall–Kier alpha value is -1.05. The third-order valence-corrected chi connectivity index (χ3v) is 1.80. The van der Waals surface area contributed by atoms with E-state index in [0.717, 1.165) is 12.1 Å². The van der Waals surface area contributed by atoms with Gasteiger partial charge < -0.3 is 5.73 Å². The lowest BCUT2D eigenvalue weighted by molar-refractivity contribution is 0.649. The van der Waals surface area contributed by atoms with Crippen molar-refractivity contribution in [3.63, 3.8) is 0 Å². The van der Waals surface area contributed by atoms with Gasteiger partial charge in [-0.15, -0.1) is 0 Å². The van der Waals surface area contributed by atoms with Crippen molar-refractivity contribution in [2.24, 2.45) is 16.6 Å². The lowest BCUT2D eigenvalue weighted by Crippen LogP contribution is -1.98. The molecule has 0 heterocycles. The molecule has 0 rings (SSSR count). The molecule has 0 amide bonds. The van der Waals surface area contributed by atoms with Crippen molar-refractivity contribution in [2.45, 2.75) is 27.2 Å². The van der Waals surface area contributed by atoms with E-state index in [4.69, 9.17) is 5.73 Å². The molecule has 0 saturated carbocycles. The molecule has 1 atom stereocenters. The lowest BCUT2D eigenvalue weighted by Gasteiger charge is -2.07. The Labute approximate surface area is 74.9 Å². The van der Waals surface area contributed by atoms with E-state index in [-0.39, 0.29) is 0 Å². The van der Waals surface area contributed by atoms with Gasteiger partial charge in [-0.05, 0) is 25.3 Å². The first-order valence-corrected chi connectivity index (χ1v) is 4.33. The molecule has 0 spiro atoms. The van der Waals surface area contributed by atoms with Crippen molar-refractivity contribution in [3.8, 4) is 0 Å². The minimum atomic E-state index is 0.473. The van der Waals surface area contributed by atoms with Gasteiger partial charge in [0.15, 0.2) is 0 Å². The van der Waals surface area contributed by atoms with Crippen LogP contribution in [0.4, 0.5) is 0 Å². The molecule has 1 unspecified atom stereocenters. The zero-order valence-corrected chi connectivity index (χ0v) is 8.12. The molecule has 0 aromatic rings. The van der Waals surface area contributed by atoms with Gasteiger partial charge in [0, 0.05) is 5.70 Å². The fraction of sp³-hybridized carbons (Fsp3) is 0.500. The number of hydrogen-bond donors (Lipinski definition) is 1. The molecule has 0 fully saturated rings. The van der Waals surface area contributed by atoms with E-state index in [0.29, 0.717) is 5.92 Å². The Morgan fingerprint density at radius 1 is 1.58 bits per heavy atom. The number of nitrogens with two attached hydrogens (primary N) is 1. The van der Waals surface area contributed by atoms with Crippen molar-refractivity contribution >= 4 is 6.34 Å². The summed E-state index contributed by atoms with van der Waals surface area (Å²) in [7, 11) is 0. The summed E-state index contributed by atoms with van der Waals surface area (Å²) in [4.78, 5) is 4.10. The fourth-order valence-electron chi connectivity index (χ4n) is 0.825. The van der Waals surface area contributed by atoms with Crippen LogP contribution in [0.25, 0.3) is 0 Å². The largest absolute Gasteiger partial charge is 0.390 e. The molecule has 2 nitrogen and oxygen atoms in total. The highest BCUT2D eigenvalue weighted by molar-refractivity contribution is 5.53. The summed E-state index contributed by atoms with van der Waals surface area (Å²) in [5.41, 5.74) is 6.28. The highest BCUT2D eigenvalue weighted by atomic mass is 14.8. The van der Waals surface area contributed by atoms with Crippen LogP contribution in [-0.2, 0) is 0 Å². The molecule has 2 N–H and O–H groups in total. The first-order valence-electron chi connectivity index (χ1n) is 4.33. The van der Waals surface area contributed by atoms with Crippen LogP contribution in [0.3, 0.4) is 0 Å². The predicted molar refractivity (Wildman–Crippen MR) is 55.0 cm³/mol. The molecular weight excluding hydrogens is 148 g/mol. The number of allylic oxidation sites excluding steroid dienone is 4. The standard InChI is InChI=1S/C10H18N2/c1-4-6-7-10(12-8-11)9(3)5-2/h4,6-9H,5H2,1-3H3,(H2,11,12)/b6-4-,10-7-. The Balaban J connectivity index is 4.41. The minimum Gasteiger partial charge on any atom is -0.390 e. The fourth-order valence-corrected chi connectivity index (χ4v) is 0.825. The zero-order chi connectivity index (χ0) is 9.40. The Kier molecular flexibility index (Phi) is 6.07. The van der Waals surface area contributed by atoms with Crippen LogP contribution >= 0.6 is 0 Å². The van der Waals surface area contributed by atoms with Gasteiger partial charge in [-0.2, -0.15) is 0 Å². The molecule has 0 bridgehead atoms. The summed E-state index contributed by atoms with van der Waals surface area (Å²) in [5.74, 6) is 0.473. The number of nitrogens with zero attached hydrogens (tertiary/aromatic N) is 1. The molecular formula is C10H18N2. The molecule has 0 aromatic carbocycles. The first-order chi connectivity index (χ1) is 5.76. The van der Waals surface area contributed by atoms with E-state index < -0.39 is 0 Å². The Morgan fingerprint density at radius 3 is 2.67 bits per heavy atom. The first kappa shape index (κ1) is 11.0. The summed E-state index contributed by atoms with van der Waals surface area (Å²) in [6.07, 6.45) is 8.39. The molecule has 0 aromatic heterocycles. The van der Waals surface area contributed by atoms with E-state index in [2.05, 4.69) is 18.8 Å². The summed E-state index contributed by atoms with van der Waals surface area (Å²) < 4.78 is 0. The number of hydrogen-bond acceptors (Lipinski definition) is 1. The van der Waals surface area contributed by atoms with Crippen LogP contribution in [-0.4, -0.2) is 6.34 Å². The number of aliphatic imine (C=N–C) groups is 1. The maximum atomic E-state index is 5.24. The van der Waals surface area contributed by atoms with Crippen LogP contribution in [0.5, 0.6) is 0 Å². The zero-order valence-electron chi connectivity index (χ0n) is 8.12. The van der Waals surface area contributed by atoms with Crippen LogP contribution in [0, 0.1) is 5.92 Å². The monoisotopic (exact) mass is 166 g/mol. The van der Waals surface area contributed by atoms with Gasteiger partial charge in [-0.3, -0.25) is 0 Å². The van der Waals surface area contributed by atoms with Crippen molar-refractivity contribution < 1.29 is 0 Å². The Bertz CT molecular complexity index is 190. The third kappa shape index (κ3) is 3.96. The minimum absolute atomic E-state index is 0.473. The highest BCUT2D eigenvalue weighted by Crippen LogP contribution is 2.14. The summed E-state index contributed by atoms with van der Waals surface area (Å²) in [5, 5.41) is 0. The highest BCUT2D eigenvalue weighted by Gasteiger charge is 2.02. The molecule has 0 radical (unpaired) electrons. The van der Waals surface area contributed by atoms with Gasteiger partial charge in [0.05, 0.1) is 6.34 Å². The summed E-state index contributed by atoms with van der Waals surface area (Å²) >= 11 is 0. The molecule has 0 aliphatic carbocycles. The van der Waals surface area contributed by atoms with Crippen LogP contribution in [0.1, 0.15) is 27.2 Å². The summed E-state index contributed by atoms with van der Waals surface area (Å²) in [6, 6.07) is 0. The van der Waals surface area contributed by atoms with E-state index in [1.165, 1.54) is 6.34 Å². The van der Waals surface area contributed by atoms with Gasteiger partial charge in [-0.1, -0.05) is 26.0 Å². The molecule has 12 heavy (non-hydrogen) atoms. The van der Waals surface area contributed by atoms with Gasteiger partial charge >= 0.3 is 0 Å². The normalized spacial score (nSPS) is 16.1. The van der Waals surface area contributed by atoms with Crippen molar-refractivity contribution in [2.75, 3.05) is 0 Å². The second-order valence-electron chi connectivity index (χ2n) is 2.70. The SMILES string of the molecule is C/C=C\C=C(/N=CN)C(C)CC. The third-order valence-electron chi connectivity index (χ3n) is 1.80. The van der Waals surface area contributed by atoms with Crippen molar-refractivity contribution in [3.05, 3.63) is 23.9 Å². The topological polar surface area (TPSA) is 38.4 Å². The molecule has 0 aliphatic heterocycles. The lowest BCUT2D eigenvalue weighted by atomic mass is 10.1. The van der Waals surface area contributed by atoms with Crippen molar-refractivity contribution in [1.82, 2.24) is 0 Å². The van der Waals surface area contributed by atoms with Gasteiger partial charge in [0.25, 0.3) is 0 Å². The smallest absolute Gasteiger partial charge is 0.0856 e. The molecule has 68 valence electrons. The predicted octanol–water partition coefficient (Wildman–Crippen LogP) is 2.48. The van der Waals surface area contributed by atoms with Gasteiger partial charge in [0.2, 0.25) is 0 Å². The molecule has 0 aliphatic rings. The van der Waals surface area contributed by atoms with E-state index in [1.54, 1.807) is 0 Å². The van der Waals surface area contributed by atoms with Gasteiger partial charge in [-0.25, -0.2) is 4.99 Å². The Morgan fingerprint density at radius 2 is 2.25 bits per heavy atom. The second-order valence-corrected chi connectivity index (χ2v) is 2.70. The molecule has 0 saturated heterocycles. The van der Waals surface area contributed by atoms with Crippen molar-refractivity contribution in [1.29, 1.82) is 0 Å². The average molecular weight is 166 g/mol. The van der Waals surface area contributed by atoms with Gasteiger partial charge in [0.1, 0.15) is 0 Å². The van der Waals surface area contributed by atoms with Crippen LogP contribution in [0.2, 0.25) is 0 Å². The quantitative estimate of drug-likeness (QED) is 0.389. The van der Waals surface area contributed by atoms with E-state index >= 15 is 0 Å². The van der Waals surface area contributed by atoms with Crippen LogP contribution in [0.15, 0.2) is 28.9 Å².